The highest BCUT2D eigenvalue weighted by Crippen LogP contribution is 2.17. The van der Waals surface area contributed by atoms with E-state index in [0.717, 1.165) is 17.7 Å². The molecule has 0 heterocycles. The summed E-state index contributed by atoms with van der Waals surface area (Å²) in [7, 11) is -3.72. The Morgan fingerprint density at radius 1 is 1.19 bits per heavy atom. The normalized spacial score (nSPS) is 13.0. The van der Waals surface area contributed by atoms with Crippen molar-refractivity contribution in [2.24, 2.45) is 0 Å². The summed E-state index contributed by atoms with van der Waals surface area (Å²) >= 11 is 0. The van der Waals surface area contributed by atoms with Crippen LogP contribution in [-0.4, -0.2) is 14.5 Å². The van der Waals surface area contributed by atoms with Crippen LogP contribution >= 0.6 is 0 Å². The zero-order valence-electron chi connectivity index (χ0n) is 11.6. The van der Waals surface area contributed by atoms with Crippen LogP contribution in [0.5, 0.6) is 0 Å². The molecule has 21 heavy (non-hydrogen) atoms. The van der Waals surface area contributed by atoms with Crippen LogP contribution in [0.25, 0.3) is 0 Å². The Balaban J connectivity index is 2.11. The van der Waals surface area contributed by atoms with Crippen LogP contribution in [-0.2, 0) is 16.4 Å². The maximum absolute atomic E-state index is 13.1. The average molecular weight is 308 g/mol. The number of anilines is 1. The molecular formula is C15H17FN2O2S. The molecule has 6 heteroatoms. The van der Waals surface area contributed by atoms with E-state index in [4.69, 9.17) is 5.73 Å². The molecule has 0 fully saturated rings. The topological polar surface area (TPSA) is 72.2 Å². The Morgan fingerprint density at radius 3 is 2.48 bits per heavy atom. The van der Waals surface area contributed by atoms with E-state index in [1.807, 2.05) is 30.3 Å². The van der Waals surface area contributed by atoms with Crippen molar-refractivity contribution < 1.29 is 12.8 Å². The van der Waals surface area contributed by atoms with Crippen molar-refractivity contribution in [2.75, 3.05) is 5.73 Å². The maximum atomic E-state index is 13.1. The van der Waals surface area contributed by atoms with Crippen LogP contribution < -0.4 is 10.5 Å². The highest BCUT2D eigenvalue weighted by molar-refractivity contribution is 7.89. The van der Waals surface area contributed by atoms with Gasteiger partial charge in [0.1, 0.15) is 5.82 Å². The van der Waals surface area contributed by atoms with E-state index >= 15 is 0 Å². The first kappa shape index (κ1) is 15.5. The molecule has 0 spiro atoms. The number of halogens is 1. The Kier molecular flexibility index (Phi) is 4.59. The molecule has 0 saturated carbocycles. The van der Waals surface area contributed by atoms with Crippen LogP contribution in [0.3, 0.4) is 0 Å². The fourth-order valence-electron chi connectivity index (χ4n) is 2.03. The van der Waals surface area contributed by atoms with Gasteiger partial charge in [-0.3, -0.25) is 0 Å². The molecule has 0 aliphatic rings. The van der Waals surface area contributed by atoms with Gasteiger partial charge in [0.15, 0.2) is 0 Å². The third kappa shape index (κ3) is 4.03. The van der Waals surface area contributed by atoms with Gasteiger partial charge in [0.25, 0.3) is 0 Å². The lowest BCUT2D eigenvalue weighted by Crippen LogP contribution is -2.34. The highest BCUT2D eigenvalue weighted by Gasteiger charge is 2.18. The maximum Gasteiger partial charge on any atom is 0.240 e. The molecule has 3 N–H and O–H groups in total. The van der Waals surface area contributed by atoms with Crippen molar-refractivity contribution in [3.05, 3.63) is 59.9 Å². The van der Waals surface area contributed by atoms with Crippen LogP contribution in [0, 0.1) is 5.82 Å². The number of hydrogen-bond donors (Lipinski definition) is 2. The third-order valence-corrected chi connectivity index (χ3v) is 4.61. The summed E-state index contributed by atoms with van der Waals surface area (Å²) in [5, 5.41) is 0. The zero-order chi connectivity index (χ0) is 15.5. The van der Waals surface area contributed by atoms with Gasteiger partial charge in [0.05, 0.1) is 10.6 Å². The number of nitrogens with one attached hydrogen (secondary N) is 1. The quantitative estimate of drug-likeness (QED) is 0.833. The Morgan fingerprint density at radius 2 is 1.86 bits per heavy atom. The fourth-order valence-corrected chi connectivity index (χ4v) is 3.31. The lowest BCUT2D eigenvalue weighted by atomic mass is 10.1. The van der Waals surface area contributed by atoms with E-state index in [1.165, 1.54) is 6.07 Å². The van der Waals surface area contributed by atoms with Crippen LogP contribution in [0.1, 0.15) is 12.5 Å². The minimum absolute atomic E-state index is 0.0405. The van der Waals surface area contributed by atoms with E-state index < -0.39 is 15.8 Å². The molecule has 2 aromatic carbocycles. The standard InChI is InChI=1S/C15H17FN2O2S/c1-11(9-12-5-3-2-4-6-12)18-21(19,20)13-7-8-14(16)15(17)10-13/h2-8,10-11,18H,9,17H2,1H3. The van der Waals surface area contributed by atoms with E-state index in [1.54, 1.807) is 6.92 Å². The fraction of sp³-hybridized carbons (Fsp3) is 0.200. The first-order valence-electron chi connectivity index (χ1n) is 6.50. The van der Waals surface area contributed by atoms with Gasteiger partial charge < -0.3 is 5.73 Å². The number of sulfonamides is 1. The average Bonchev–Trinajstić information content (AvgIpc) is 2.42. The van der Waals surface area contributed by atoms with Gasteiger partial charge in [0.2, 0.25) is 10.0 Å². The first-order valence-corrected chi connectivity index (χ1v) is 7.98. The number of hydrogen-bond acceptors (Lipinski definition) is 3. The van der Waals surface area contributed by atoms with Gasteiger partial charge in [-0.15, -0.1) is 0 Å². The number of benzene rings is 2. The van der Waals surface area contributed by atoms with E-state index in [2.05, 4.69) is 4.72 Å². The molecule has 2 aromatic rings. The number of nitrogen functional groups attached to an aromatic ring is 1. The first-order chi connectivity index (χ1) is 9.88. The predicted molar refractivity (Wildman–Crippen MR) is 80.7 cm³/mol. The minimum atomic E-state index is -3.72. The molecule has 0 radical (unpaired) electrons. The molecule has 1 atom stereocenters. The zero-order valence-corrected chi connectivity index (χ0v) is 12.4. The van der Waals surface area contributed by atoms with E-state index in [0.29, 0.717) is 6.42 Å². The Bertz CT molecular complexity index is 718. The van der Waals surface area contributed by atoms with Crippen LogP contribution in [0.2, 0.25) is 0 Å². The Labute approximate surface area is 123 Å². The second kappa shape index (κ2) is 6.24. The van der Waals surface area contributed by atoms with Crippen LogP contribution in [0.4, 0.5) is 10.1 Å². The molecule has 112 valence electrons. The minimum Gasteiger partial charge on any atom is -0.396 e. The smallest absolute Gasteiger partial charge is 0.240 e. The predicted octanol–water partition coefficient (Wildman–Crippen LogP) is 2.32. The molecule has 1 unspecified atom stereocenters. The molecule has 0 aromatic heterocycles. The van der Waals surface area contributed by atoms with Gasteiger partial charge in [0, 0.05) is 6.04 Å². The van der Waals surface area contributed by atoms with Crippen LogP contribution in [0.15, 0.2) is 53.4 Å². The molecule has 4 nitrogen and oxygen atoms in total. The van der Waals surface area contributed by atoms with E-state index in [9.17, 15) is 12.8 Å². The SMILES string of the molecule is CC(Cc1ccccc1)NS(=O)(=O)c1ccc(F)c(N)c1. The van der Waals surface area contributed by atoms with Gasteiger partial charge in [-0.25, -0.2) is 17.5 Å². The van der Waals surface area contributed by atoms with Crippen molar-refractivity contribution in [1.29, 1.82) is 0 Å². The van der Waals surface area contributed by atoms with Crippen molar-refractivity contribution in [3.63, 3.8) is 0 Å². The summed E-state index contributed by atoms with van der Waals surface area (Å²) in [4.78, 5) is -0.0405. The van der Waals surface area contributed by atoms with Crippen molar-refractivity contribution in [1.82, 2.24) is 4.72 Å². The highest BCUT2D eigenvalue weighted by atomic mass is 32.2. The lowest BCUT2D eigenvalue weighted by Gasteiger charge is -2.14. The molecular weight excluding hydrogens is 291 g/mol. The van der Waals surface area contributed by atoms with Gasteiger partial charge >= 0.3 is 0 Å². The number of rotatable bonds is 5. The van der Waals surface area contributed by atoms with Gasteiger partial charge in [-0.2, -0.15) is 0 Å². The Hall–Kier alpha value is -1.92. The monoisotopic (exact) mass is 308 g/mol. The van der Waals surface area contributed by atoms with Crippen molar-refractivity contribution in [2.45, 2.75) is 24.3 Å². The van der Waals surface area contributed by atoms with Gasteiger partial charge in [-0.05, 0) is 37.1 Å². The summed E-state index contributed by atoms with van der Waals surface area (Å²) < 4.78 is 40.1. The number of nitrogens with two attached hydrogens (primary N) is 1. The molecule has 0 saturated heterocycles. The largest absolute Gasteiger partial charge is 0.396 e. The summed E-state index contributed by atoms with van der Waals surface area (Å²) in [5.74, 6) is -0.633. The third-order valence-electron chi connectivity index (χ3n) is 3.02. The van der Waals surface area contributed by atoms with Gasteiger partial charge in [-0.1, -0.05) is 30.3 Å². The molecule has 0 aliphatic carbocycles. The summed E-state index contributed by atoms with van der Waals surface area (Å²) in [6.07, 6.45) is 0.566. The summed E-state index contributed by atoms with van der Waals surface area (Å²) in [5.41, 5.74) is 6.25. The van der Waals surface area contributed by atoms with Crippen molar-refractivity contribution >= 4 is 15.7 Å². The second-order valence-electron chi connectivity index (χ2n) is 4.90. The molecule has 2 rings (SSSR count). The molecule has 0 amide bonds. The summed E-state index contributed by atoms with van der Waals surface area (Å²) in [6.45, 7) is 1.78. The molecule has 0 aliphatic heterocycles. The second-order valence-corrected chi connectivity index (χ2v) is 6.61. The molecule has 0 bridgehead atoms. The summed E-state index contributed by atoms with van der Waals surface area (Å²) in [6, 6.07) is 12.6. The van der Waals surface area contributed by atoms with E-state index in [-0.39, 0.29) is 16.6 Å². The van der Waals surface area contributed by atoms with Crippen molar-refractivity contribution in [3.8, 4) is 0 Å². The lowest BCUT2D eigenvalue weighted by molar-refractivity contribution is 0.559.